The Bertz CT molecular complexity index is 1100. The van der Waals surface area contributed by atoms with E-state index in [0.717, 1.165) is 53.9 Å². The van der Waals surface area contributed by atoms with Gasteiger partial charge in [0.1, 0.15) is 5.82 Å². The molecule has 0 unspecified atom stereocenters. The van der Waals surface area contributed by atoms with Crippen LogP contribution in [0.3, 0.4) is 0 Å². The molecule has 1 saturated heterocycles. The Kier molecular flexibility index (Phi) is 7.17. The minimum atomic E-state index is -0.109. The molecule has 0 aliphatic carbocycles. The van der Waals surface area contributed by atoms with E-state index in [2.05, 4.69) is 16.9 Å². The van der Waals surface area contributed by atoms with Gasteiger partial charge >= 0.3 is 0 Å². The van der Waals surface area contributed by atoms with Crippen LogP contribution in [-0.4, -0.2) is 46.0 Å². The highest BCUT2D eigenvalue weighted by Gasteiger charge is 2.33. The molecule has 172 valence electrons. The first-order valence-corrected chi connectivity index (χ1v) is 11.4. The average Bonchev–Trinajstić information content (AvgIpc) is 3.34. The number of hydrogen-bond acceptors (Lipinski definition) is 6. The molecule has 1 aromatic carbocycles. The zero-order chi connectivity index (χ0) is 23.2. The molecule has 7 heteroatoms. The molecule has 1 atom stereocenters. The Hall–Kier alpha value is -3.48. The second kappa shape index (κ2) is 10.4. The number of ether oxygens (including phenoxy) is 2. The number of aromatic nitrogens is 3. The SMILES string of the molecule is CCCc1ncc(-c2ccncc2)c([C@@H]2CCCN2C(=O)COc2ccc(C)cc2OC)n1. The van der Waals surface area contributed by atoms with Crippen molar-refractivity contribution in [1.29, 1.82) is 0 Å². The Balaban J connectivity index is 1.58. The number of pyridine rings is 1. The van der Waals surface area contributed by atoms with Crippen molar-refractivity contribution >= 4 is 5.91 Å². The zero-order valence-electron chi connectivity index (χ0n) is 19.5. The maximum absolute atomic E-state index is 13.2. The van der Waals surface area contributed by atoms with E-state index < -0.39 is 0 Å². The van der Waals surface area contributed by atoms with Crippen molar-refractivity contribution in [2.75, 3.05) is 20.3 Å². The highest BCUT2D eigenvalue weighted by atomic mass is 16.5. The lowest BCUT2D eigenvalue weighted by Gasteiger charge is -2.26. The summed E-state index contributed by atoms with van der Waals surface area (Å²) in [6, 6.07) is 9.48. The first kappa shape index (κ1) is 22.7. The number of nitrogens with zero attached hydrogens (tertiary/aromatic N) is 4. The molecule has 33 heavy (non-hydrogen) atoms. The van der Waals surface area contributed by atoms with Crippen LogP contribution >= 0.6 is 0 Å². The van der Waals surface area contributed by atoms with E-state index in [-0.39, 0.29) is 18.6 Å². The predicted octanol–water partition coefficient (Wildman–Crippen LogP) is 4.55. The molecular formula is C26H30N4O3. The van der Waals surface area contributed by atoms with Crippen LogP contribution in [0.15, 0.2) is 48.9 Å². The molecule has 7 nitrogen and oxygen atoms in total. The highest BCUT2D eigenvalue weighted by molar-refractivity contribution is 5.79. The van der Waals surface area contributed by atoms with Crippen LogP contribution in [0.4, 0.5) is 0 Å². The number of rotatable bonds is 8. The number of amides is 1. The van der Waals surface area contributed by atoms with Gasteiger partial charge < -0.3 is 14.4 Å². The van der Waals surface area contributed by atoms with Gasteiger partial charge in [0.2, 0.25) is 0 Å². The third-order valence-electron chi connectivity index (χ3n) is 5.89. The fraction of sp³-hybridized carbons (Fsp3) is 0.385. The van der Waals surface area contributed by atoms with Crippen LogP contribution in [0.25, 0.3) is 11.1 Å². The van der Waals surface area contributed by atoms with E-state index >= 15 is 0 Å². The molecule has 2 aromatic heterocycles. The molecule has 3 heterocycles. The quantitative estimate of drug-likeness (QED) is 0.505. The van der Waals surface area contributed by atoms with Crippen molar-refractivity contribution in [1.82, 2.24) is 19.9 Å². The first-order valence-electron chi connectivity index (χ1n) is 11.4. The third-order valence-corrected chi connectivity index (χ3v) is 5.89. The Labute approximate surface area is 194 Å². The van der Waals surface area contributed by atoms with E-state index in [1.54, 1.807) is 19.5 Å². The maximum atomic E-state index is 13.2. The van der Waals surface area contributed by atoms with Crippen LogP contribution < -0.4 is 9.47 Å². The highest BCUT2D eigenvalue weighted by Crippen LogP contribution is 2.37. The fourth-order valence-corrected chi connectivity index (χ4v) is 4.25. The lowest BCUT2D eigenvalue weighted by Crippen LogP contribution is -2.35. The fourth-order valence-electron chi connectivity index (χ4n) is 4.25. The second-order valence-electron chi connectivity index (χ2n) is 8.26. The van der Waals surface area contributed by atoms with Gasteiger partial charge in [0, 0.05) is 37.1 Å². The number of benzene rings is 1. The largest absolute Gasteiger partial charge is 0.493 e. The maximum Gasteiger partial charge on any atom is 0.261 e. The van der Waals surface area contributed by atoms with Crippen molar-refractivity contribution < 1.29 is 14.3 Å². The van der Waals surface area contributed by atoms with Gasteiger partial charge in [-0.3, -0.25) is 9.78 Å². The molecule has 3 aromatic rings. The summed E-state index contributed by atoms with van der Waals surface area (Å²) in [7, 11) is 1.60. The number of methoxy groups -OCH3 is 1. The third kappa shape index (κ3) is 5.13. The van der Waals surface area contributed by atoms with Crippen LogP contribution in [0.5, 0.6) is 11.5 Å². The molecule has 1 amide bonds. The van der Waals surface area contributed by atoms with Crippen molar-refractivity contribution in [3.05, 3.63) is 66.0 Å². The molecule has 0 saturated carbocycles. The summed E-state index contributed by atoms with van der Waals surface area (Å²) in [5.74, 6) is 1.94. The molecule has 0 spiro atoms. The summed E-state index contributed by atoms with van der Waals surface area (Å²) >= 11 is 0. The van der Waals surface area contributed by atoms with Gasteiger partial charge in [0.15, 0.2) is 18.1 Å². The molecule has 0 N–H and O–H groups in total. The zero-order valence-corrected chi connectivity index (χ0v) is 19.5. The molecule has 1 fully saturated rings. The lowest BCUT2D eigenvalue weighted by atomic mass is 10.0. The smallest absolute Gasteiger partial charge is 0.261 e. The molecule has 4 rings (SSSR count). The van der Waals surface area contributed by atoms with E-state index in [0.29, 0.717) is 18.0 Å². The van der Waals surface area contributed by atoms with E-state index in [9.17, 15) is 4.79 Å². The first-order chi connectivity index (χ1) is 16.1. The monoisotopic (exact) mass is 446 g/mol. The molecular weight excluding hydrogens is 416 g/mol. The number of aryl methyl sites for hydroxylation is 2. The van der Waals surface area contributed by atoms with Crippen molar-refractivity contribution in [3.63, 3.8) is 0 Å². The molecule has 1 aliphatic heterocycles. The molecule has 0 radical (unpaired) electrons. The summed E-state index contributed by atoms with van der Waals surface area (Å²) in [5, 5.41) is 0. The second-order valence-corrected chi connectivity index (χ2v) is 8.26. The van der Waals surface area contributed by atoms with Gasteiger partial charge in [-0.1, -0.05) is 13.0 Å². The minimum absolute atomic E-state index is 0.0482. The summed E-state index contributed by atoms with van der Waals surface area (Å²) in [5.41, 5.74) is 3.92. The van der Waals surface area contributed by atoms with Gasteiger partial charge in [0.05, 0.1) is 18.8 Å². The molecule has 1 aliphatic rings. The van der Waals surface area contributed by atoms with Crippen LogP contribution in [0.2, 0.25) is 0 Å². The number of carbonyl (C=O) groups excluding carboxylic acids is 1. The van der Waals surface area contributed by atoms with Crippen molar-refractivity contribution in [3.8, 4) is 22.6 Å². The number of likely N-dealkylation sites (tertiary alicyclic amines) is 1. The molecule has 0 bridgehead atoms. The average molecular weight is 447 g/mol. The Morgan fingerprint density at radius 3 is 2.76 bits per heavy atom. The minimum Gasteiger partial charge on any atom is -0.493 e. The normalized spacial score (nSPS) is 15.5. The topological polar surface area (TPSA) is 77.4 Å². The van der Waals surface area contributed by atoms with Crippen molar-refractivity contribution in [2.45, 2.75) is 45.6 Å². The van der Waals surface area contributed by atoms with E-state index in [4.69, 9.17) is 14.5 Å². The van der Waals surface area contributed by atoms with Crippen LogP contribution in [0.1, 0.15) is 49.3 Å². The van der Waals surface area contributed by atoms with Gasteiger partial charge in [-0.2, -0.15) is 0 Å². The Morgan fingerprint density at radius 1 is 1.18 bits per heavy atom. The summed E-state index contributed by atoms with van der Waals surface area (Å²) in [6.45, 7) is 4.73. The van der Waals surface area contributed by atoms with Gasteiger partial charge in [0.25, 0.3) is 5.91 Å². The van der Waals surface area contributed by atoms with Crippen LogP contribution in [0, 0.1) is 6.92 Å². The number of carbonyl (C=O) groups is 1. The van der Waals surface area contributed by atoms with E-state index in [1.807, 2.05) is 48.4 Å². The Morgan fingerprint density at radius 2 is 2.00 bits per heavy atom. The summed E-state index contributed by atoms with van der Waals surface area (Å²) < 4.78 is 11.3. The van der Waals surface area contributed by atoms with E-state index in [1.165, 1.54) is 0 Å². The van der Waals surface area contributed by atoms with Gasteiger partial charge in [-0.25, -0.2) is 9.97 Å². The van der Waals surface area contributed by atoms with Gasteiger partial charge in [-0.05, 0) is 61.6 Å². The van der Waals surface area contributed by atoms with Crippen LogP contribution in [-0.2, 0) is 11.2 Å². The summed E-state index contributed by atoms with van der Waals surface area (Å²) in [4.78, 5) is 28.8. The van der Waals surface area contributed by atoms with Crippen molar-refractivity contribution in [2.24, 2.45) is 0 Å². The van der Waals surface area contributed by atoms with Gasteiger partial charge in [-0.15, -0.1) is 0 Å². The lowest BCUT2D eigenvalue weighted by molar-refractivity contribution is -0.134. The standard InChI is InChI=1S/C26H30N4O3/c1-4-6-24-28-16-20(19-10-12-27-13-11-19)26(29-24)21-7-5-14-30(21)25(31)17-33-22-9-8-18(2)15-23(22)32-3/h8-13,15-16,21H,4-7,14,17H2,1-3H3/t21-/m0/s1. The summed E-state index contributed by atoms with van der Waals surface area (Å²) in [6.07, 6.45) is 8.97. The number of hydrogen-bond donors (Lipinski definition) is 0. The predicted molar refractivity (Wildman–Crippen MR) is 126 cm³/mol.